The monoisotopic (exact) mass is 432 g/mol. The number of nitrogens with zero attached hydrogens (tertiary/aromatic N) is 2. The number of aryl methyl sites for hydroxylation is 1. The van der Waals surface area contributed by atoms with Crippen LogP contribution in [0.15, 0.2) is 23.3 Å². The number of guanidine groups is 1. The molecule has 0 aromatic carbocycles. The zero-order chi connectivity index (χ0) is 15.8. The molecular weight excluding hydrogens is 403 g/mol. The number of hydrogen-bond donors (Lipinski definition) is 2. The van der Waals surface area contributed by atoms with Gasteiger partial charge in [0.05, 0.1) is 12.2 Å². The second-order valence-electron chi connectivity index (χ2n) is 6.14. The van der Waals surface area contributed by atoms with Gasteiger partial charge in [-0.25, -0.2) is 0 Å². The van der Waals surface area contributed by atoms with E-state index < -0.39 is 0 Å². The van der Waals surface area contributed by atoms with Crippen molar-refractivity contribution in [2.75, 3.05) is 27.3 Å². The van der Waals surface area contributed by atoms with Crippen molar-refractivity contribution in [3.05, 3.63) is 29.6 Å². The maximum atomic E-state index is 5.24. The molecule has 2 N–H and O–H groups in total. The van der Waals surface area contributed by atoms with Gasteiger partial charge in [0.1, 0.15) is 0 Å². The van der Waals surface area contributed by atoms with Crippen LogP contribution in [0.4, 0.5) is 0 Å². The minimum atomic E-state index is 0. The number of nitrogens with one attached hydrogen (secondary N) is 2. The van der Waals surface area contributed by atoms with Crippen molar-refractivity contribution >= 4 is 29.9 Å². The third kappa shape index (κ3) is 5.91. The highest BCUT2D eigenvalue weighted by atomic mass is 127. The Kier molecular flexibility index (Phi) is 8.83. The molecule has 1 saturated carbocycles. The number of aliphatic imine (C=N–C) groups is 1. The van der Waals surface area contributed by atoms with Crippen molar-refractivity contribution in [2.45, 2.75) is 39.2 Å². The average molecular weight is 432 g/mol. The Bertz CT molecular complexity index is 503. The molecule has 130 valence electrons. The highest BCUT2D eigenvalue weighted by Crippen LogP contribution is 2.43. The van der Waals surface area contributed by atoms with Crippen molar-refractivity contribution in [3.63, 3.8) is 0 Å². The highest BCUT2D eigenvalue weighted by Gasteiger charge is 2.36. The fraction of sp³-hybridized carbons (Fsp3) is 0.647. The molecule has 0 bridgehead atoms. The van der Waals surface area contributed by atoms with E-state index in [1.807, 2.05) is 19.3 Å². The molecule has 0 atom stereocenters. The maximum absolute atomic E-state index is 5.24. The van der Waals surface area contributed by atoms with Crippen molar-refractivity contribution in [3.8, 4) is 0 Å². The molecule has 0 radical (unpaired) electrons. The van der Waals surface area contributed by atoms with Gasteiger partial charge in [0.25, 0.3) is 0 Å². The van der Waals surface area contributed by atoms with Crippen molar-refractivity contribution in [1.29, 1.82) is 0 Å². The number of hydrogen-bond acceptors (Lipinski definition) is 3. The van der Waals surface area contributed by atoms with E-state index in [2.05, 4.69) is 33.6 Å². The topological polar surface area (TPSA) is 58.5 Å². The van der Waals surface area contributed by atoms with Crippen LogP contribution < -0.4 is 10.6 Å². The Morgan fingerprint density at radius 3 is 2.74 bits per heavy atom. The van der Waals surface area contributed by atoms with Crippen LogP contribution in [0.5, 0.6) is 0 Å². The van der Waals surface area contributed by atoms with Gasteiger partial charge in [-0.2, -0.15) is 0 Å². The summed E-state index contributed by atoms with van der Waals surface area (Å²) in [7, 11) is 3.58. The fourth-order valence-corrected chi connectivity index (χ4v) is 2.87. The predicted molar refractivity (Wildman–Crippen MR) is 105 cm³/mol. The molecule has 1 fully saturated rings. The summed E-state index contributed by atoms with van der Waals surface area (Å²) in [5.74, 6) is 0.841. The lowest BCUT2D eigenvalue weighted by molar-refractivity contribution is 0.0732. The van der Waals surface area contributed by atoms with E-state index in [4.69, 9.17) is 4.74 Å². The molecule has 1 aliphatic carbocycles. The van der Waals surface area contributed by atoms with E-state index in [0.717, 1.165) is 31.2 Å². The van der Waals surface area contributed by atoms with E-state index in [1.54, 1.807) is 7.11 Å². The second kappa shape index (κ2) is 10.1. The maximum Gasteiger partial charge on any atom is 0.191 e. The Morgan fingerprint density at radius 2 is 2.17 bits per heavy atom. The fourth-order valence-electron chi connectivity index (χ4n) is 2.87. The van der Waals surface area contributed by atoms with E-state index in [0.29, 0.717) is 12.0 Å². The number of ether oxygens (including phenoxy) is 1. The Balaban J connectivity index is 0.00000264. The summed E-state index contributed by atoms with van der Waals surface area (Å²) in [5.41, 5.74) is 2.64. The first kappa shape index (κ1) is 20.2. The first-order chi connectivity index (χ1) is 10.7. The molecule has 1 aromatic rings. The van der Waals surface area contributed by atoms with Gasteiger partial charge >= 0.3 is 0 Å². The van der Waals surface area contributed by atoms with Crippen LogP contribution in [0.2, 0.25) is 0 Å². The normalized spacial score (nSPS) is 16.2. The van der Waals surface area contributed by atoms with Crippen molar-refractivity contribution in [2.24, 2.45) is 10.4 Å². The van der Waals surface area contributed by atoms with Gasteiger partial charge in [-0.1, -0.05) is 12.5 Å². The van der Waals surface area contributed by atoms with E-state index in [9.17, 15) is 0 Å². The minimum absolute atomic E-state index is 0. The number of methoxy groups -OCH3 is 1. The summed E-state index contributed by atoms with van der Waals surface area (Å²) in [6, 6.07) is 4.04. The smallest absolute Gasteiger partial charge is 0.191 e. The molecule has 2 rings (SSSR count). The van der Waals surface area contributed by atoms with Gasteiger partial charge in [0.15, 0.2) is 5.96 Å². The molecule has 23 heavy (non-hydrogen) atoms. The molecule has 1 aromatic heterocycles. The van der Waals surface area contributed by atoms with Gasteiger partial charge in [-0.05, 0) is 43.2 Å². The summed E-state index contributed by atoms with van der Waals surface area (Å²) in [6.07, 6.45) is 6.82. The van der Waals surface area contributed by atoms with Crippen LogP contribution in [0, 0.1) is 12.3 Å². The molecule has 1 aliphatic rings. The molecule has 5 nitrogen and oxygen atoms in total. The third-order valence-corrected chi connectivity index (χ3v) is 4.65. The first-order valence-electron chi connectivity index (χ1n) is 8.03. The van der Waals surface area contributed by atoms with E-state index in [1.165, 1.54) is 24.8 Å². The largest absolute Gasteiger partial charge is 0.385 e. The number of pyridine rings is 1. The first-order valence-corrected chi connectivity index (χ1v) is 8.03. The number of aromatic nitrogens is 1. The zero-order valence-electron chi connectivity index (χ0n) is 14.4. The van der Waals surface area contributed by atoms with Crippen LogP contribution >= 0.6 is 24.0 Å². The summed E-state index contributed by atoms with van der Waals surface area (Å²) < 4.78 is 5.24. The molecule has 0 aliphatic heterocycles. The molecule has 0 amide bonds. The molecule has 1 heterocycles. The summed E-state index contributed by atoms with van der Waals surface area (Å²) >= 11 is 0. The molecule has 6 heteroatoms. The average Bonchev–Trinajstić information content (AvgIpc) is 2.50. The second-order valence-corrected chi connectivity index (χ2v) is 6.14. The SMILES string of the molecule is CN=C(NCc1ncccc1C)NCC1(CCOC)CCC1.I. The number of halogens is 1. The Hall–Kier alpha value is -0.890. The Labute approximate surface area is 156 Å². The Morgan fingerprint density at radius 1 is 1.39 bits per heavy atom. The highest BCUT2D eigenvalue weighted by molar-refractivity contribution is 14.0. The van der Waals surface area contributed by atoms with Gasteiger partial charge < -0.3 is 15.4 Å². The van der Waals surface area contributed by atoms with Gasteiger partial charge in [-0.3, -0.25) is 9.98 Å². The lowest BCUT2D eigenvalue weighted by atomic mass is 9.67. The standard InChI is InChI=1S/C17H28N4O.HI/c1-14-6-4-10-19-15(14)12-20-16(18-2)21-13-17(7-5-8-17)9-11-22-3;/h4,6,10H,5,7-9,11-13H2,1-3H3,(H2,18,20,21);1H. The lowest BCUT2D eigenvalue weighted by Crippen LogP contribution is -2.46. The summed E-state index contributed by atoms with van der Waals surface area (Å²) in [5, 5.41) is 6.81. The summed E-state index contributed by atoms with van der Waals surface area (Å²) in [6.45, 7) is 4.56. The summed E-state index contributed by atoms with van der Waals surface area (Å²) in [4.78, 5) is 8.71. The number of rotatable bonds is 7. The molecule has 0 saturated heterocycles. The van der Waals surface area contributed by atoms with Crippen LogP contribution in [0.25, 0.3) is 0 Å². The van der Waals surface area contributed by atoms with Crippen molar-refractivity contribution < 1.29 is 4.74 Å². The molecular formula is C17H29IN4O. The molecule has 0 spiro atoms. The van der Waals surface area contributed by atoms with Crippen LogP contribution in [0.3, 0.4) is 0 Å². The quantitative estimate of drug-likeness (QED) is 0.395. The van der Waals surface area contributed by atoms with Gasteiger partial charge in [0, 0.05) is 33.5 Å². The van der Waals surface area contributed by atoms with Gasteiger partial charge in [0.2, 0.25) is 0 Å². The lowest BCUT2D eigenvalue weighted by Gasteiger charge is -2.42. The third-order valence-electron chi connectivity index (χ3n) is 4.65. The van der Waals surface area contributed by atoms with Crippen molar-refractivity contribution in [1.82, 2.24) is 15.6 Å². The van der Waals surface area contributed by atoms with Crippen LogP contribution in [-0.4, -0.2) is 38.3 Å². The van der Waals surface area contributed by atoms with Gasteiger partial charge in [-0.15, -0.1) is 24.0 Å². The van der Waals surface area contributed by atoms with E-state index in [-0.39, 0.29) is 24.0 Å². The predicted octanol–water partition coefficient (Wildman–Crippen LogP) is 2.88. The zero-order valence-corrected chi connectivity index (χ0v) is 16.7. The van der Waals surface area contributed by atoms with Crippen LogP contribution in [-0.2, 0) is 11.3 Å². The van der Waals surface area contributed by atoms with E-state index >= 15 is 0 Å². The minimum Gasteiger partial charge on any atom is -0.385 e. The van der Waals surface area contributed by atoms with Crippen LogP contribution in [0.1, 0.15) is 36.9 Å². The molecule has 0 unspecified atom stereocenters.